The molecule has 2 unspecified atom stereocenters. The van der Waals surface area contributed by atoms with Crippen LogP contribution in [0.4, 0.5) is 5.69 Å². The first kappa shape index (κ1) is 21.0. The lowest BCUT2D eigenvalue weighted by molar-refractivity contribution is -0.124. The van der Waals surface area contributed by atoms with Crippen LogP contribution in [0.5, 0.6) is 0 Å². The molecule has 1 fully saturated rings. The molecule has 2 aromatic rings. The Balaban J connectivity index is 1.39. The number of rotatable bonds is 9. The standard InChI is InChI=1S/C23H28N2O4/c1-17(18-8-3-2-4-9-18)28-15-7-13-24-22(26)19-10-5-11-20(16-19)25-23(27)21-12-6-14-29-21/h2-5,8-11,16-17,21H,6-7,12-15H2,1H3,(H,24,26)(H,25,27). The van der Waals surface area contributed by atoms with Gasteiger partial charge < -0.3 is 20.1 Å². The maximum atomic E-state index is 12.4. The van der Waals surface area contributed by atoms with Gasteiger partial charge in [0, 0.05) is 31.0 Å². The first-order chi connectivity index (χ1) is 14.1. The zero-order chi connectivity index (χ0) is 20.5. The van der Waals surface area contributed by atoms with Gasteiger partial charge in [0.2, 0.25) is 0 Å². The molecule has 2 aromatic carbocycles. The summed E-state index contributed by atoms with van der Waals surface area (Å²) in [7, 11) is 0. The molecule has 0 spiro atoms. The van der Waals surface area contributed by atoms with Crippen LogP contribution >= 0.6 is 0 Å². The second-order valence-corrected chi connectivity index (χ2v) is 7.10. The Kier molecular flexibility index (Phi) is 7.78. The molecule has 154 valence electrons. The van der Waals surface area contributed by atoms with Crippen molar-refractivity contribution < 1.29 is 19.1 Å². The maximum absolute atomic E-state index is 12.4. The van der Waals surface area contributed by atoms with Gasteiger partial charge in [-0.25, -0.2) is 0 Å². The van der Waals surface area contributed by atoms with Crippen molar-refractivity contribution in [3.63, 3.8) is 0 Å². The molecule has 3 rings (SSSR count). The predicted molar refractivity (Wildman–Crippen MR) is 112 cm³/mol. The fourth-order valence-corrected chi connectivity index (χ4v) is 3.20. The van der Waals surface area contributed by atoms with Crippen LogP contribution < -0.4 is 10.6 Å². The Morgan fingerprint density at radius 1 is 1.17 bits per heavy atom. The molecule has 0 bridgehead atoms. The van der Waals surface area contributed by atoms with E-state index in [1.807, 2.05) is 37.3 Å². The summed E-state index contributed by atoms with van der Waals surface area (Å²) in [5.41, 5.74) is 2.24. The lowest BCUT2D eigenvalue weighted by Crippen LogP contribution is -2.27. The topological polar surface area (TPSA) is 76.7 Å². The Labute approximate surface area is 171 Å². The SMILES string of the molecule is CC(OCCCNC(=O)c1cccc(NC(=O)C2CCCO2)c1)c1ccccc1. The lowest BCUT2D eigenvalue weighted by Gasteiger charge is -2.14. The summed E-state index contributed by atoms with van der Waals surface area (Å²) < 4.78 is 11.2. The normalized spacial score (nSPS) is 16.9. The van der Waals surface area contributed by atoms with Crippen LogP contribution in [0.2, 0.25) is 0 Å². The highest BCUT2D eigenvalue weighted by molar-refractivity contribution is 5.98. The molecule has 6 nitrogen and oxygen atoms in total. The maximum Gasteiger partial charge on any atom is 0.253 e. The molecule has 2 N–H and O–H groups in total. The summed E-state index contributed by atoms with van der Waals surface area (Å²) in [5.74, 6) is -0.334. The van der Waals surface area contributed by atoms with E-state index in [1.165, 1.54) is 0 Å². The smallest absolute Gasteiger partial charge is 0.253 e. The summed E-state index contributed by atoms with van der Waals surface area (Å²) in [5, 5.41) is 5.71. The average Bonchev–Trinajstić information content (AvgIpc) is 3.29. The van der Waals surface area contributed by atoms with Gasteiger partial charge in [0.15, 0.2) is 0 Å². The van der Waals surface area contributed by atoms with Crippen molar-refractivity contribution in [2.45, 2.75) is 38.4 Å². The van der Waals surface area contributed by atoms with Gasteiger partial charge in [-0.3, -0.25) is 9.59 Å². The Hall–Kier alpha value is -2.70. The minimum Gasteiger partial charge on any atom is -0.374 e. The zero-order valence-electron chi connectivity index (χ0n) is 16.7. The molecule has 2 atom stereocenters. The number of nitrogens with one attached hydrogen (secondary N) is 2. The summed E-state index contributed by atoms with van der Waals surface area (Å²) in [6.07, 6.45) is 1.98. The second kappa shape index (κ2) is 10.7. The van der Waals surface area contributed by atoms with Crippen molar-refractivity contribution in [2.24, 2.45) is 0 Å². The minimum atomic E-state index is -0.397. The van der Waals surface area contributed by atoms with Gasteiger partial charge >= 0.3 is 0 Å². The number of benzene rings is 2. The fraction of sp³-hybridized carbons (Fsp3) is 0.391. The van der Waals surface area contributed by atoms with Crippen LogP contribution in [-0.4, -0.2) is 37.7 Å². The van der Waals surface area contributed by atoms with Crippen LogP contribution in [0, 0.1) is 0 Å². The minimum absolute atomic E-state index is 0.0241. The van der Waals surface area contributed by atoms with Crippen LogP contribution in [0.15, 0.2) is 54.6 Å². The quantitative estimate of drug-likeness (QED) is 0.634. The van der Waals surface area contributed by atoms with Crippen LogP contribution in [0.3, 0.4) is 0 Å². The number of amides is 2. The van der Waals surface area contributed by atoms with E-state index < -0.39 is 6.10 Å². The van der Waals surface area contributed by atoms with Crippen molar-refractivity contribution in [1.82, 2.24) is 5.32 Å². The first-order valence-electron chi connectivity index (χ1n) is 10.1. The molecule has 1 saturated heterocycles. The van der Waals surface area contributed by atoms with Crippen molar-refractivity contribution >= 4 is 17.5 Å². The van der Waals surface area contributed by atoms with Crippen molar-refractivity contribution in [3.8, 4) is 0 Å². The molecule has 2 amide bonds. The van der Waals surface area contributed by atoms with E-state index in [2.05, 4.69) is 10.6 Å². The molecule has 6 heteroatoms. The van der Waals surface area contributed by atoms with Gasteiger partial charge in [-0.2, -0.15) is 0 Å². The largest absolute Gasteiger partial charge is 0.374 e. The molecule has 1 heterocycles. The third-order valence-electron chi connectivity index (χ3n) is 4.86. The number of hydrogen-bond acceptors (Lipinski definition) is 4. The Morgan fingerprint density at radius 2 is 2.00 bits per heavy atom. The van der Waals surface area contributed by atoms with Crippen molar-refractivity contribution in [1.29, 1.82) is 0 Å². The number of carbonyl (C=O) groups is 2. The van der Waals surface area contributed by atoms with Crippen molar-refractivity contribution in [3.05, 3.63) is 65.7 Å². The van der Waals surface area contributed by atoms with Gasteiger partial charge in [0.05, 0.1) is 6.10 Å². The average molecular weight is 396 g/mol. The van der Waals surface area contributed by atoms with Gasteiger partial charge in [0.1, 0.15) is 6.10 Å². The molecule has 1 aliphatic rings. The number of anilines is 1. The molecule has 29 heavy (non-hydrogen) atoms. The van der Waals surface area contributed by atoms with Crippen LogP contribution in [0.25, 0.3) is 0 Å². The van der Waals surface area contributed by atoms with Gasteiger partial charge in [0.25, 0.3) is 11.8 Å². The van der Waals surface area contributed by atoms with Crippen LogP contribution in [0.1, 0.15) is 48.2 Å². The lowest BCUT2D eigenvalue weighted by atomic mass is 10.1. The monoisotopic (exact) mass is 396 g/mol. The second-order valence-electron chi connectivity index (χ2n) is 7.10. The highest BCUT2D eigenvalue weighted by Gasteiger charge is 2.23. The predicted octanol–water partition coefficient (Wildman–Crippen LogP) is 3.70. The number of carbonyl (C=O) groups excluding carboxylic acids is 2. The van der Waals surface area contributed by atoms with E-state index in [0.29, 0.717) is 31.0 Å². The summed E-state index contributed by atoms with van der Waals surface area (Å²) >= 11 is 0. The molecular formula is C23H28N2O4. The van der Waals surface area contributed by atoms with Gasteiger partial charge in [-0.1, -0.05) is 36.4 Å². The van der Waals surface area contributed by atoms with Gasteiger partial charge in [-0.15, -0.1) is 0 Å². The number of ether oxygens (including phenoxy) is 2. The van der Waals surface area contributed by atoms with E-state index in [4.69, 9.17) is 9.47 Å². The Morgan fingerprint density at radius 3 is 2.76 bits per heavy atom. The van der Waals surface area contributed by atoms with E-state index in [-0.39, 0.29) is 17.9 Å². The van der Waals surface area contributed by atoms with Crippen molar-refractivity contribution in [2.75, 3.05) is 25.1 Å². The highest BCUT2D eigenvalue weighted by atomic mass is 16.5. The third kappa shape index (κ3) is 6.41. The Bertz CT molecular complexity index is 804. The number of hydrogen-bond donors (Lipinski definition) is 2. The van der Waals surface area contributed by atoms with Crippen LogP contribution in [-0.2, 0) is 14.3 Å². The zero-order valence-corrected chi connectivity index (χ0v) is 16.7. The van der Waals surface area contributed by atoms with Gasteiger partial charge in [-0.05, 0) is 49.9 Å². The molecule has 0 radical (unpaired) electrons. The fourth-order valence-electron chi connectivity index (χ4n) is 3.20. The summed E-state index contributed by atoms with van der Waals surface area (Å²) in [6.45, 7) is 3.72. The molecule has 0 aliphatic carbocycles. The highest BCUT2D eigenvalue weighted by Crippen LogP contribution is 2.17. The first-order valence-corrected chi connectivity index (χ1v) is 10.1. The summed E-state index contributed by atoms with van der Waals surface area (Å²) in [4.78, 5) is 24.5. The van der Waals surface area contributed by atoms with E-state index in [0.717, 1.165) is 24.8 Å². The molecule has 0 aromatic heterocycles. The van der Waals surface area contributed by atoms with E-state index in [1.54, 1.807) is 24.3 Å². The van der Waals surface area contributed by atoms with E-state index in [9.17, 15) is 9.59 Å². The van der Waals surface area contributed by atoms with E-state index >= 15 is 0 Å². The molecule has 1 aliphatic heterocycles. The molecule has 0 saturated carbocycles. The third-order valence-corrected chi connectivity index (χ3v) is 4.86. The molecular weight excluding hydrogens is 368 g/mol. The summed E-state index contributed by atoms with van der Waals surface area (Å²) in [6, 6.07) is 17.0.